The lowest BCUT2D eigenvalue weighted by molar-refractivity contribution is 0.102. The van der Waals surface area contributed by atoms with E-state index in [4.69, 9.17) is 14.2 Å². The van der Waals surface area contributed by atoms with Crippen molar-refractivity contribution in [2.45, 2.75) is 20.8 Å². The lowest BCUT2D eigenvalue weighted by atomic mass is 10.2. The van der Waals surface area contributed by atoms with Crippen molar-refractivity contribution in [3.63, 3.8) is 0 Å². The van der Waals surface area contributed by atoms with Crippen molar-refractivity contribution in [3.05, 3.63) is 71.5 Å². The van der Waals surface area contributed by atoms with Gasteiger partial charge in [0.15, 0.2) is 0 Å². The van der Waals surface area contributed by atoms with E-state index in [-0.39, 0.29) is 24.3 Å². The zero-order chi connectivity index (χ0) is 21.5. The van der Waals surface area contributed by atoms with Gasteiger partial charge in [-0.15, -0.1) is 0 Å². The first-order valence-corrected chi connectivity index (χ1v) is 9.29. The van der Waals surface area contributed by atoms with Gasteiger partial charge in [-0.3, -0.25) is 4.79 Å². The maximum Gasteiger partial charge on any atom is 0.513 e. The molecule has 0 atom stereocenters. The molecule has 0 unspecified atom stereocenters. The Morgan fingerprint density at radius 2 is 1.63 bits per heavy atom. The van der Waals surface area contributed by atoms with Gasteiger partial charge in [-0.25, -0.2) is 14.8 Å². The van der Waals surface area contributed by atoms with Gasteiger partial charge in [0.1, 0.15) is 11.5 Å². The topological polar surface area (TPSA) is 99.6 Å². The van der Waals surface area contributed by atoms with Crippen molar-refractivity contribution in [3.8, 4) is 17.5 Å². The number of rotatable bonds is 6. The molecule has 0 fully saturated rings. The van der Waals surface area contributed by atoms with Crippen molar-refractivity contribution in [1.82, 2.24) is 9.97 Å². The average molecular weight is 407 g/mol. The molecule has 8 heteroatoms. The average Bonchev–Trinajstić information content (AvgIpc) is 2.68. The molecule has 3 aromatic rings. The monoisotopic (exact) mass is 407 g/mol. The summed E-state index contributed by atoms with van der Waals surface area (Å²) >= 11 is 0. The quantitative estimate of drug-likeness (QED) is 0.468. The molecule has 0 bridgehead atoms. The number of ether oxygens (including phenoxy) is 3. The molecule has 0 spiro atoms. The third-order valence-electron chi connectivity index (χ3n) is 3.84. The van der Waals surface area contributed by atoms with Crippen molar-refractivity contribution >= 4 is 17.7 Å². The van der Waals surface area contributed by atoms with Gasteiger partial charge in [-0.05, 0) is 63.2 Å². The molecule has 2 aromatic carbocycles. The van der Waals surface area contributed by atoms with Crippen LogP contribution in [0.5, 0.6) is 17.5 Å². The molecule has 30 heavy (non-hydrogen) atoms. The van der Waals surface area contributed by atoms with Crippen LogP contribution < -0.4 is 14.8 Å². The number of aromatic nitrogens is 2. The Kier molecular flexibility index (Phi) is 6.59. The molecule has 0 aliphatic carbocycles. The first-order chi connectivity index (χ1) is 14.4. The van der Waals surface area contributed by atoms with Gasteiger partial charge in [-0.1, -0.05) is 6.07 Å². The molecule has 1 heterocycles. The van der Waals surface area contributed by atoms with Crippen molar-refractivity contribution < 1.29 is 23.8 Å². The fourth-order valence-corrected chi connectivity index (χ4v) is 2.60. The van der Waals surface area contributed by atoms with E-state index in [1.165, 1.54) is 12.1 Å². The van der Waals surface area contributed by atoms with E-state index < -0.39 is 6.16 Å². The van der Waals surface area contributed by atoms with Crippen molar-refractivity contribution in [1.29, 1.82) is 0 Å². The number of carbonyl (C=O) groups is 2. The van der Waals surface area contributed by atoms with Crippen LogP contribution in [0.3, 0.4) is 0 Å². The Morgan fingerprint density at radius 3 is 2.30 bits per heavy atom. The maximum atomic E-state index is 12.5. The number of amides is 1. The van der Waals surface area contributed by atoms with E-state index in [2.05, 4.69) is 15.3 Å². The van der Waals surface area contributed by atoms with E-state index in [1.54, 1.807) is 43.3 Å². The lowest BCUT2D eigenvalue weighted by Gasteiger charge is -2.09. The first-order valence-electron chi connectivity index (χ1n) is 9.29. The molecule has 1 N–H and O–H groups in total. The summed E-state index contributed by atoms with van der Waals surface area (Å²) in [5.74, 6) is 0.460. The second-order valence-corrected chi connectivity index (χ2v) is 6.33. The van der Waals surface area contributed by atoms with Gasteiger partial charge in [0.2, 0.25) is 0 Å². The van der Waals surface area contributed by atoms with E-state index >= 15 is 0 Å². The van der Waals surface area contributed by atoms with Gasteiger partial charge in [0.05, 0.1) is 6.61 Å². The number of nitrogens with one attached hydrogen (secondary N) is 1. The SMILES string of the molecule is CCOC(=O)Oc1ccc(C(=O)Nc2cccc(Oc3nc(C)cc(C)n3)c2)cc1. The zero-order valence-corrected chi connectivity index (χ0v) is 16.8. The van der Waals surface area contributed by atoms with Crippen LogP contribution in [0, 0.1) is 13.8 Å². The van der Waals surface area contributed by atoms with Crippen LogP contribution in [-0.2, 0) is 4.74 Å². The van der Waals surface area contributed by atoms with Crippen molar-refractivity contribution in [2.75, 3.05) is 11.9 Å². The van der Waals surface area contributed by atoms with E-state index in [0.717, 1.165) is 11.4 Å². The highest BCUT2D eigenvalue weighted by atomic mass is 16.7. The van der Waals surface area contributed by atoms with Gasteiger partial charge in [-0.2, -0.15) is 0 Å². The van der Waals surface area contributed by atoms with E-state index in [1.807, 2.05) is 19.9 Å². The van der Waals surface area contributed by atoms with Gasteiger partial charge >= 0.3 is 12.2 Å². The highest BCUT2D eigenvalue weighted by molar-refractivity contribution is 6.04. The predicted molar refractivity (Wildman–Crippen MR) is 110 cm³/mol. The molecule has 1 amide bonds. The summed E-state index contributed by atoms with van der Waals surface area (Å²) in [5.41, 5.74) is 2.55. The van der Waals surface area contributed by atoms with Gasteiger partial charge in [0.25, 0.3) is 5.91 Å². The third-order valence-corrected chi connectivity index (χ3v) is 3.84. The minimum absolute atomic E-state index is 0.220. The van der Waals surface area contributed by atoms with Crippen LogP contribution in [-0.4, -0.2) is 28.6 Å². The highest BCUT2D eigenvalue weighted by Crippen LogP contribution is 2.23. The molecule has 8 nitrogen and oxygen atoms in total. The van der Waals surface area contributed by atoms with Crippen LogP contribution in [0.2, 0.25) is 0 Å². The molecule has 0 radical (unpaired) electrons. The van der Waals surface area contributed by atoms with Crippen molar-refractivity contribution in [2.24, 2.45) is 0 Å². The van der Waals surface area contributed by atoms with Crippen LogP contribution in [0.4, 0.5) is 10.5 Å². The second kappa shape index (κ2) is 9.51. The molecule has 0 aliphatic rings. The Morgan fingerprint density at radius 1 is 0.933 bits per heavy atom. The second-order valence-electron chi connectivity index (χ2n) is 6.33. The Balaban J connectivity index is 1.65. The smallest absolute Gasteiger partial charge is 0.434 e. The summed E-state index contributed by atoms with van der Waals surface area (Å²) in [6, 6.07) is 15.2. The maximum absolute atomic E-state index is 12.5. The Labute approximate surface area is 173 Å². The summed E-state index contributed by atoms with van der Waals surface area (Å²) in [5, 5.41) is 2.80. The molecule has 0 saturated heterocycles. The Bertz CT molecular complexity index is 1030. The Hall–Kier alpha value is -3.94. The van der Waals surface area contributed by atoms with E-state index in [0.29, 0.717) is 17.0 Å². The number of aryl methyl sites for hydroxylation is 2. The fraction of sp³-hybridized carbons (Fsp3) is 0.182. The predicted octanol–water partition coefficient (Wildman–Crippen LogP) is 4.67. The van der Waals surface area contributed by atoms with Crippen LogP contribution in [0.15, 0.2) is 54.6 Å². The molecule has 3 rings (SSSR count). The van der Waals surface area contributed by atoms with Crippen LogP contribution in [0.1, 0.15) is 28.7 Å². The molecule has 0 saturated carbocycles. The number of anilines is 1. The number of benzene rings is 2. The third kappa shape index (κ3) is 5.78. The molecule has 0 aliphatic heterocycles. The fourth-order valence-electron chi connectivity index (χ4n) is 2.60. The summed E-state index contributed by atoms with van der Waals surface area (Å²) in [6.45, 7) is 5.63. The minimum atomic E-state index is -0.792. The first kappa shape index (κ1) is 20.8. The highest BCUT2D eigenvalue weighted by Gasteiger charge is 2.10. The van der Waals surface area contributed by atoms with Gasteiger partial charge < -0.3 is 19.5 Å². The van der Waals surface area contributed by atoms with E-state index in [9.17, 15) is 9.59 Å². The minimum Gasteiger partial charge on any atom is -0.434 e. The van der Waals surface area contributed by atoms with Crippen LogP contribution in [0.25, 0.3) is 0 Å². The summed E-state index contributed by atoms with van der Waals surface area (Å²) in [7, 11) is 0. The standard InChI is InChI=1S/C22H21N3O5/c1-4-28-22(27)30-18-10-8-16(9-11-18)20(26)25-17-6-5-7-19(13-17)29-21-23-14(2)12-15(3)24-21/h5-13H,4H2,1-3H3,(H,25,26). The lowest BCUT2D eigenvalue weighted by Crippen LogP contribution is -2.12. The normalized spacial score (nSPS) is 10.2. The molecule has 154 valence electrons. The molecular weight excluding hydrogens is 386 g/mol. The number of hydrogen-bond acceptors (Lipinski definition) is 7. The molecule has 1 aromatic heterocycles. The zero-order valence-electron chi connectivity index (χ0n) is 16.8. The largest absolute Gasteiger partial charge is 0.513 e. The van der Waals surface area contributed by atoms with Gasteiger partial charge in [0, 0.05) is 28.7 Å². The summed E-state index contributed by atoms with van der Waals surface area (Å²) in [6.07, 6.45) is -0.792. The molecular formula is C22H21N3O5. The number of carbonyl (C=O) groups excluding carboxylic acids is 2. The van der Waals surface area contributed by atoms with Crippen LogP contribution >= 0.6 is 0 Å². The summed E-state index contributed by atoms with van der Waals surface area (Å²) < 4.78 is 15.4. The number of nitrogens with zero attached hydrogens (tertiary/aromatic N) is 2. The number of hydrogen-bond donors (Lipinski definition) is 1. The summed E-state index contributed by atoms with van der Waals surface area (Å²) in [4.78, 5) is 32.3.